The molecule has 0 aliphatic carbocycles. The van der Waals surface area contributed by atoms with Gasteiger partial charge in [0.1, 0.15) is 25.1 Å². The summed E-state index contributed by atoms with van der Waals surface area (Å²) in [5.41, 5.74) is 2.95. The Morgan fingerprint density at radius 1 is 1.12 bits per heavy atom. The number of rotatable bonds is 5. The summed E-state index contributed by atoms with van der Waals surface area (Å²) < 4.78 is 24.1. The minimum Gasteiger partial charge on any atom is -0.490 e. The molecule has 1 aromatic carbocycles. The topological polar surface area (TPSA) is 87.4 Å². The number of anilines is 1. The van der Waals surface area contributed by atoms with Crippen molar-refractivity contribution in [3.63, 3.8) is 0 Å². The number of hydrogen-bond acceptors (Lipinski definition) is 8. The fourth-order valence-electron chi connectivity index (χ4n) is 4.70. The number of aromatic nitrogens is 3. The highest BCUT2D eigenvalue weighted by molar-refractivity contribution is 5.60. The zero-order chi connectivity index (χ0) is 23.8. The summed E-state index contributed by atoms with van der Waals surface area (Å²) in [5, 5.41) is 4.72. The van der Waals surface area contributed by atoms with E-state index >= 15 is 0 Å². The highest BCUT2D eigenvalue weighted by Gasteiger charge is 2.30. The molecule has 2 atom stereocenters. The molecule has 3 aromatic rings. The molecule has 2 aliphatic heterocycles. The molecule has 5 rings (SSSR count). The van der Waals surface area contributed by atoms with Crippen LogP contribution in [0.2, 0.25) is 0 Å². The standard InChI is InChI=1S/C25H30N4O5/c1-15-11-20(34-19-5-6-21-22(13-19)33-10-9-32-21)7-8-28(15)25-17(3)16(2)24-26-18(14-31-4)12-23(30)29(24)27-25/h5-6,12-13,15,20H,7-11,14H2,1-4H3/t15-,20+/m1/s1. The molecular formula is C25H30N4O5. The molecule has 0 N–H and O–H groups in total. The quantitative estimate of drug-likeness (QED) is 0.567. The van der Waals surface area contributed by atoms with Gasteiger partial charge in [0.2, 0.25) is 0 Å². The van der Waals surface area contributed by atoms with Crippen LogP contribution < -0.4 is 24.7 Å². The van der Waals surface area contributed by atoms with Gasteiger partial charge in [-0.25, -0.2) is 4.98 Å². The number of hydrogen-bond donors (Lipinski definition) is 0. The van der Waals surface area contributed by atoms with Crippen molar-refractivity contribution in [2.24, 2.45) is 0 Å². The molecule has 2 aliphatic rings. The summed E-state index contributed by atoms with van der Waals surface area (Å²) in [6.45, 7) is 8.39. The van der Waals surface area contributed by atoms with E-state index in [4.69, 9.17) is 24.0 Å². The third-order valence-corrected chi connectivity index (χ3v) is 6.59. The first kappa shape index (κ1) is 22.5. The molecule has 0 saturated carbocycles. The fraction of sp³-hybridized carbons (Fsp3) is 0.480. The molecule has 0 bridgehead atoms. The maximum atomic E-state index is 12.8. The summed E-state index contributed by atoms with van der Waals surface area (Å²) in [7, 11) is 1.59. The Bertz CT molecular complexity index is 1270. The van der Waals surface area contributed by atoms with Gasteiger partial charge < -0.3 is 23.8 Å². The van der Waals surface area contributed by atoms with Crippen LogP contribution in [0.15, 0.2) is 29.1 Å². The van der Waals surface area contributed by atoms with Crippen LogP contribution in [-0.2, 0) is 11.3 Å². The molecule has 0 radical (unpaired) electrons. The van der Waals surface area contributed by atoms with Crippen LogP contribution in [0.3, 0.4) is 0 Å². The lowest BCUT2D eigenvalue weighted by Crippen LogP contribution is -2.45. The van der Waals surface area contributed by atoms with E-state index in [1.54, 1.807) is 7.11 Å². The van der Waals surface area contributed by atoms with Crippen molar-refractivity contribution in [1.29, 1.82) is 0 Å². The number of fused-ring (bicyclic) bond motifs is 2. The number of benzene rings is 1. The molecule has 180 valence electrons. The molecule has 4 heterocycles. The Kier molecular flexibility index (Phi) is 6.03. The van der Waals surface area contributed by atoms with E-state index in [0.717, 1.165) is 53.6 Å². The minimum atomic E-state index is -0.203. The van der Waals surface area contributed by atoms with E-state index < -0.39 is 0 Å². The molecule has 34 heavy (non-hydrogen) atoms. The Morgan fingerprint density at radius 3 is 2.68 bits per heavy atom. The van der Waals surface area contributed by atoms with Crippen LogP contribution >= 0.6 is 0 Å². The van der Waals surface area contributed by atoms with Gasteiger partial charge in [0.25, 0.3) is 5.56 Å². The summed E-state index contributed by atoms with van der Waals surface area (Å²) in [5.74, 6) is 3.09. The van der Waals surface area contributed by atoms with Gasteiger partial charge in [-0.3, -0.25) is 4.79 Å². The second kappa shape index (κ2) is 9.13. The number of ether oxygens (including phenoxy) is 4. The van der Waals surface area contributed by atoms with Crippen molar-refractivity contribution in [1.82, 2.24) is 14.6 Å². The first-order valence-electron chi connectivity index (χ1n) is 11.7. The first-order chi connectivity index (χ1) is 16.4. The zero-order valence-corrected chi connectivity index (χ0v) is 20.0. The Morgan fingerprint density at radius 2 is 1.91 bits per heavy atom. The molecule has 9 heteroatoms. The average Bonchev–Trinajstić information content (AvgIpc) is 2.82. The molecule has 1 fully saturated rings. The van der Waals surface area contributed by atoms with Gasteiger partial charge in [0.15, 0.2) is 23.0 Å². The van der Waals surface area contributed by atoms with E-state index in [-0.39, 0.29) is 17.7 Å². The maximum absolute atomic E-state index is 12.8. The van der Waals surface area contributed by atoms with E-state index in [0.29, 0.717) is 31.2 Å². The van der Waals surface area contributed by atoms with Crippen LogP contribution in [0.5, 0.6) is 17.2 Å². The molecule has 9 nitrogen and oxygen atoms in total. The number of aryl methyl sites for hydroxylation is 1. The molecular weight excluding hydrogens is 436 g/mol. The lowest BCUT2D eigenvalue weighted by molar-refractivity contribution is 0.149. The fourth-order valence-corrected chi connectivity index (χ4v) is 4.70. The van der Waals surface area contributed by atoms with Crippen molar-refractivity contribution in [2.45, 2.75) is 52.4 Å². The summed E-state index contributed by atoms with van der Waals surface area (Å²) in [6.07, 6.45) is 1.76. The monoisotopic (exact) mass is 466 g/mol. The Hall–Kier alpha value is -3.33. The predicted octanol–water partition coefficient (Wildman–Crippen LogP) is 3.06. The Labute approximate surface area is 198 Å². The first-order valence-corrected chi connectivity index (χ1v) is 11.7. The van der Waals surface area contributed by atoms with Crippen LogP contribution in [0.4, 0.5) is 5.82 Å². The van der Waals surface area contributed by atoms with E-state index in [1.807, 2.05) is 32.0 Å². The molecule has 1 saturated heterocycles. The van der Waals surface area contributed by atoms with Gasteiger partial charge >= 0.3 is 0 Å². The number of methoxy groups -OCH3 is 1. The maximum Gasteiger partial charge on any atom is 0.274 e. The van der Waals surface area contributed by atoms with Crippen LogP contribution in [0, 0.1) is 13.8 Å². The lowest BCUT2D eigenvalue weighted by atomic mass is 9.99. The molecule has 0 spiro atoms. The third-order valence-electron chi connectivity index (χ3n) is 6.59. The second-order valence-electron chi connectivity index (χ2n) is 8.94. The Balaban J connectivity index is 1.36. The van der Waals surface area contributed by atoms with Crippen molar-refractivity contribution >= 4 is 11.5 Å². The van der Waals surface area contributed by atoms with Crippen molar-refractivity contribution in [3.05, 3.63) is 51.4 Å². The van der Waals surface area contributed by atoms with Gasteiger partial charge in [-0.05, 0) is 32.9 Å². The summed E-state index contributed by atoms with van der Waals surface area (Å²) in [6, 6.07) is 7.41. The van der Waals surface area contributed by atoms with Gasteiger partial charge in [-0.15, -0.1) is 5.10 Å². The van der Waals surface area contributed by atoms with Gasteiger partial charge in [0, 0.05) is 55.8 Å². The van der Waals surface area contributed by atoms with Gasteiger partial charge in [0.05, 0.1) is 12.3 Å². The molecule has 2 aromatic heterocycles. The van der Waals surface area contributed by atoms with E-state index in [1.165, 1.54) is 10.6 Å². The SMILES string of the molecule is COCc1cc(=O)n2nc(N3CC[C@H](Oc4ccc5c(c4)OCCO5)C[C@H]3C)c(C)c(C)c2n1. The predicted molar refractivity (Wildman–Crippen MR) is 127 cm³/mol. The highest BCUT2D eigenvalue weighted by atomic mass is 16.6. The number of piperidine rings is 1. The van der Waals surface area contributed by atoms with Gasteiger partial charge in [-0.1, -0.05) is 0 Å². The normalized spacial score (nSPS) is 19.9. The molecule has 0 unspecified atom stereocenters. The second-order valence-corrected chi connectivity index (χ2v) is 8.94. The highest BCUT2D eigenvalue weighted by Crippen LogP contribution is 2.35. The number of nitrogens with zero attached hydrogens (tertiary/aromatic N) is 4. The summed E-state index contributed by atoms with van der Waals surface area (Å²) >= 11 is 0. The third kappa shape index (κ3) is 4.16. The largest absolute Gasteiger partial charge is 0.490 e. The van der Waals surface area contributed by atoms with Crippen molar-refractivity contribution in [2.75, 3.05) is 31.8 Å². The van der Waals surface area contributed by atoms with Crippen molar-refractivity contribution in [3.8, 4) is 17.2 Å². The minimum absolute atomic E-state index is 0.0802. The van der Waals surface area contributed by atoms with Crippen LogP contribution in [0.25, 0.3) is 5.65 Å². The average molecular weight is 467 g/mol. The van der Waals surface area contributed by atoms with Crippen LogP contribution in [0.1, 0.15) is 36.6 Å². The zero-order valence-electron chi connectivity index (χ0n) is 20.0. The summed E-state index contributed by atoms with van der Waals surface area (Å²) in [4.78, 5) is 19.6. The lowest BCUT2D eigenvalue weighted by Gasteiger charge is -2.39. The van der Waals surface area contributed by atoms with E-state index in [9.17, 15) is 4.79 Å². The molecule has 0 amide bonds. The van der Waals surface area contributed by atoms with E-state index in [2.05, 4.69) is 16.8 Å². The van der Waals surface area contributed by atoms with Gasteiger partial charge in [-0.2, -0.15) is 4.52 Å². The van der Waals surface area contributed by atoms with Crippen LogP contribution in [-0.4, -0.2) is 53.6 Å². The smallest absolute Gasteiger partial charge is 0.274 e. The van der Waals surface area contributed by atoms with Crippen molar-refractivity contribution < 1.29 is 18.9 Å².